The summed E-state index contributed by atoms with van der Waals surface area (Å²) in [4.78, 5) is 11.3. The zero-order chi connectivity index (χ0) is 31.5. The van der Waals surface area contributed by atoms with E-state index in [1.165, 1.54) is 12.3 Å². The first-order chi connectivity index (χ1) is 18.0. The molecule has 0 aliphatic carbocycles. The van der Waals surface area contributed by atoms with Gasteiger partial charge in [-0.3, -0.25) is 9.44 Å². The number of halogens is 7. The van der Waals surface area contributed by atoms with Crippen LogP contribution in [0.25, 0.3) is 0 Å². The molecule has 3 aromatic heterocycles. The van der Waals surface area contributed by atoms with Crippen molar-refractivity contribution in [1.82, 2.24) is 15.0 Å². The normalized spacial score (nSPS) is 10.9. The molecule has 224 valence electrons. The second-order valence-electron chi connectivity index (χ2n) is 7.00. The summed E-state index contributed by atoms with van der Waals surface area (Å²) in [5, 5.41) is 0.614. The quantitative estimate of drug-likeness (QED) is 0.205. The third-order valence-corrected chi connectivity index (χ3v) is 6.17. The molecule has 0 aliphatic rings. The Hall–Kier alpha value is -0.890. The number of anilines is 3. The van der Waals surface area contributed by atoms with Crippen LogP contribution in [0.15, 0.2) is 45.7 Å². The van der Waals surface area contributed by atoms with E-state index in [2.05, 4.69) is 77.6 Å². The highest BCUT2D eigenvalue weighted by molar-refractivity contribution is 9.10. The first kappa shape index (κ1) is 39.1. The molecule has 0 spiro atoms. The maximum Gasteiger partial charge on any atom is 0.317 e. The van der Waals surface area contributed by atoms with Crippen molar-refractivity contribution in [2.24, 2.45) is 0 Å². The van der Waals surface area contributed by atoms with Crippen molar-refractivity contribution in [3.63, 3.8) is 0 Å². The predicted octanol–water partition coefficient (Wildman–Crippen LogP) is 6.07. The minimum atomic E-state index is -3.72. The largest absolute Gasteiger partial charge is 0.396 e. The van der Waals surface area contributed by atoms with Crippen LogP contribution in [0.2, 0.25) is 15.5 Å². The van der Waals surface area contributed by atoms with E-state index < -0.39 is 28.3 Å². The molecular formula is C18H19Br2Cl5N6O6S3. The number of pyridine rings is 3. The van der Waals surface area contributed by atoms with E-state index >= 15 is 0 Å². The molecule has 0 fully saturated rings. The van der Waals surface area contributed by atoms with Gasteiger partial charge in [0.15, 0.2) is 15.5 Å². The molecule has 0 atom stereocenters. The van der Waals surface area contributed by atoms with Gasteiger partial charge in [-0.15, -0.1) is 0 Å². The van der Waals surface area contributed by atoms with E-state index in [0.717, 1.165) is 22.5 Å². The SMILES string of the molecule is CS(=O)(=O)Nc1cc(Br)cnc1Cl.Cc1cnc(Cl)c(NS(C)(=O)=O)c1.Nc1cc(Br)cnc1Cl.O=S(=O)(Cl)Cl. The first-order valence-corrected chi connectivity index (χ1v) is 19.2. The van der Waals surface area contributed by atoms with Crippen LogP contribution in [-0.2, 0) is 28.3 Å². The summed E-state index contributed by atoms with van der Waals surface area (Å²) in [7, 11) is -1.79. The van der Waals surface area contributed by atoms with Gasteiger partial charge in [0.05, 0.1) is 29.6 Å². The predicted molar refractivity (Wildman–Crippen MR) is 170 cm³/mol. The molecule has 0 saturated heterocycles. The number of aromatic nitrogens is 3. The Morgan fingerprint density at radius 3 is 1.43 bits per heavy atom. The molecule has 0 aliphatic heterocycles. The number of hydrogen-bond acceptors (Lipinski definition) is 10. The van der Waals surface area contributed by atoms with Gasteiger partial charge < -0.3 is 5.73 Å². The van der Waals surface area contributed by atoms with E-state index in [4.69, 9.17) is 49.0 Å². The van der Waals surface area contributed by atoms with Crippen LogP contribution in [0, 0.1) is 6.92 Å². The molecule has 0 radical (unpaired) electrons. The molecule has 0 amide bonds. The lowest BCUT2D eigenvalue weighted by molar-refractivity contribution is 0.605. The topological polar surface area (TPSA) is 191 Å². The second kappa shape index (κ2) is 17.3. The van der Waals surface area contributed by atoms with E-state index in [1.807, 2.05) is 0 Å². The Bertz CT molecular complexity index is 1550. The third kappa shape index (κ3) is 20.9. The number of nitrogen functional groups attached to an aromatic ring is 1. The number of rotatable bonds is 4. The van der Waals surface area contributed by atoms with Crippen molar-refractivity contribution >= 4 is 133 Å². The zero-order valence-electron chi connectivity index (χ0n) is 20.2. The maximum absolute atomic E-state index is 10.9. The van der Waals surface area contributed by atoms with Crippen LogP contribution in [0.3, 0.4) is 0 Å². The van der Waals surface area contributed by atoms with E-state index in [1.54, 1.807) is 31.5 Å². The molecule has 40 heavy (non-hydrogen) atoms. The van der Waals surface area contributed by atoms with Crippen LogP contribution in [-0.4, -0.2) is 52.7 Å². The minimum Gasteiger partial charge on any atom is -0.396 e. The van der Waals surface area contributed by atoms with Crippen molar-refractivity contribution in [2.75, 3.05) is 27.7 Å². The van der Waals surface area contributed by atoms with E-state index in [9.17, 15) is 16.8 Å². The van der Waals surface area contributed by atoms with Gasteiger partial charge in [0.2, 0.25) is 20.0 Å². The number of hydrogen-bond donors (Lipinski definition) is 3. The van der Waals surface area contributed by atoms with Gasteiger partial charge in [0.25, 0.3) is 0 Å². The standard InChI is InChI=1S/C7H9ClN2O2S.C6H6BrClN2O2S.C5H4BrClN2.Cl2O2S/c1-5-3-6(7(8)9-4-5)10-13(2,11)12;1-13(11,12)10-5-2-4(7)3-9-6(5)8;6-3-1-4(8)5(7)9-2-3;1-5(2,3)4/h3-4,10H,1-2H3;2-3,10H,1H3;1-2H,8H2;. The highest BCUT2D eigenvalue weighted by Gasteiger charge is 2.08. The van der Waals surface area contributed by atoms with Crippen molar-refractivity contribution in [3.8, 4) is 0 Å². The summed E-state index contributed by atoms with van der Waals surface area (Å²) in [6, 6.07) is 4.86. The zero-order valence-corrected chi connectivity index (χ0v) is 29.6. The van der Waals surface area contributed by atoms with Crippen LogP contribution in [0.4, 0.5) is 17.1 Å². The lowest BCUT2D eigenvalue weighted by Crippen LogP contribution is -2.10. The number of aryl methyl sites for hydroxylation is 1. The monoisotopic (exact) mass is 844 g/mol. The molecular weight excluding hydrogens is 830 g/mol. The fraction of sp³-hybridized carbons (Fsp3) is 0.167. The van der Waals surface area contributed by atoms with Crippen molar-refractivity contribution in [1.29, 1.82) is 0 Å². The Kier molecular flexibility index (Phi) is 16.9. The van der Waals surface area contributed by atoms with E-state index in [0.29, 0.717) is 21.0 Å². The molecule has 3 aromatic rings. The number of sulfonamides is 2. The van der Waals surface area contributed by atoms with Crippen LogP contribution in [0.1, 0.15) is 5.56 Å². The summed E-state index contributed by atoms with van der Waals surface area (Å²) < 4.78 is 67.8. The Balaban J connectivity index is 0.000000533. The molecule has 0 unspecified atom stereocenters. The molecule has 3 heterocycles. The first-order valence-electron chi connectivity index (χ1n) is 9.56. The summed E-state index contributed by atoms with van der Waals surface area (Å²) in [6.07, 6.45) is 6.75. The van der Waals surface area contributed by atoms with Crippen LogP contribution < -0.4 is 15.2 Å². The van der Waals surface area contributed by atoms with Crippen LogP contribution >= 0.6 is 88.0 Å². The lowest BCUT2D eigenvalue weighted by Gasteiger charge is -2.05. The Morgan fingerprint density at radius 2 is 1.05 bits per heavy atom. The summed E-state index contributed by atoms with van der Waals surface area (Å²) >= 11 is 23.2. The average molecular weight is 849 g/mol. The fourth-order valence-electron chi connectivity index (χ4n) is 1.96. The fourth-order valence-corrected chi connectivity index (χ4v) is 4.26. The second-order valence-corrected chi connectivity index (χ2v) is 17.1. The number of nitrogens with one attached hydrogen (secondary N) is 2. The summed E-state index contributed by atoms with van der Waals surface area (Å²) in [6.45, 7) is 1.80. The minimum absolute atomic E-state index is 0.119. The maximum atomic E-state index is 10.9. The van der Waals surface area contributed by atoms with Gasteiger partial charge in [-0.25, -0.2) is 31.8 Å². The van der Waals surface area contributed by atoms with Gasteiger partial charge in [-0.1, -0.05) is 34.8 Å². The number of nitrogens with zero attached hydrogens (tertiary/aromatic N) is 3. The molecule has 0 aromatic carbocycles. The van der Waals surface area contributed by atoms with Gasteiger partial charge in [0, 0.05) is 48.9 Å². The summed E-state index contributed by atoms with van der Waals surface area (Å²) in [5.74, 6) is 0. The molecule has 0 saturated carbocycles. The molecule has 22 heteroatoms. The average Bonchev–Trinajstić information content (AvgIpc) is 2.74. The van der Waals surface area contributed by atoms with Crippen LogP contribution in [0.5, 0.6) is 0 Å². The van der Waals surface area contributed by atoms with Crippen molar-refractivity contribution < 1.29 is 25.3 Å². The molecule has 3 rings (SSSR count). The third-order valence-electron chi connectivity index (χ3n) is 3.21. The molecule has 0 bridgehead atoms. The smallest absolute Gasteiger partial charge is 0.317 e. The highest BCUT2D eigenvalue weighted by Crippen LogP contribution is 2.23. The van der Waals surface area contributed by atoms with Crippen molar-refractivity contribution in [3.05, 3.63) is 66.8 Å². The van der Waals surface area contributed by atoms with E-state index in [-0.39, 0.29) is 16.0 Å². The Labute approximate surface area is 272 Å². The summed E-state index contributed by atoms with van der Waals surface area (Å²) in [5.41, 5.74) is 7.30. The highest BCUT2D eigenvalue weighted by atomic mass is 79.9. The number of nitrogens with two attached hydrogens (primary N) is 1. The van der Waals surface area contributed by atoms with Gasteiger partial charge >= 0.3 is 8.26 Å². The lowest BCUT2D eigenvalue weighted by atomic mass is 10.3. The van der Waals surface area contributed by atoms with Gasteiger partial charge in [0.1, 0.15) is 0 Å². The van der Waals surface area contributed by atoms with Gasteiger partial charge in [-0.05, 0) is 62.5 Å². The molecule has 4 N–H and O–H groups in total. The molecule has 12 nitrogen and oxygen atoms in total. The van der Waals surface area contributed by atoms with Crippen molar-refractivity contribution in [2.45, 2.75) is 6.92 Å². The Morgan fingerprint density at radius 1 is 0.700 bits per heavy atom. The van der Waals surface area contributed by atoms with Gasteiger partial charge in [-0.2, -0.15) is 8.42 Å².